The molecule has 36 valence electrons. The van der Waals surface area contributed by atoms with Gasteiger partial charge in [-0.3, -0.25) is 0 Å². The molecule has 2 unspecified atom stereocenters. The van der Waals surface area contributed by atoms with Gasteiger partial charge >= 0.3 is 0 Å². The van der Waals surface area contributed by atoms with E-state index >= 15 is 0 Å². The van der Waals surface area contributed by atoms with E-state index in [0.29, 0.717) is 0 Å². The van der Waals surface area contributed by atoms with Crippen LogP contribution in [0.5, 0.6) is 0 Å². The van der Waals surface area contributed by atoms with E-state index in [1.54, 1.807) is 0 Å². The Kier molecular flexibility index (Phi) is 0.524. The zero-order valence-electron chi connectivity index (χ0n) is 3.81. The Labute approximate surface area is 37.0 Å². The molecule has 0 radical (unpaired) electrons. The average molecular weight is 87.1 g/mol. The van der Waals surface area contributed by atoms with E-state index in [1.807, 2.05) is 6.92 Å². The number of aliphatic hydroxyl groups excluding tert-OH is 1. The van der Waals surface area contributed by atoms with Crippen molar-refractivity contribution in [2.24, 2.45) is 5.73 Å². The van der Waals surface area contributed by atoms with Crippen LogP contribution in [0.25, 0.3) is 0 Å². The van der Waals surface area contributed by atoms with Gasteiger partial charge in [0, 0.05) is 5.54 Å². The van der Waals surface area contributed by atoms with E-state index in [4.69, 9.17) is 10.8 Å². The van der Waals surface area contributed by atoms with E-state index in [2.05, 4.69) is 0 Å². The highest BCUT2D eigenvalue weighted by molar-refractivity contribution is 5.04. The van der Waals surface area contributed by atoms with Crippen LogP contribution in [-0.4, -0.2) is 16.7 Å². The molecule has 0 aromatic heterocycles. The topological polar surface area (TPSA) is 46.2 Å². The minimum atomic E-state index is -0.236. The second-order valence-electron chi connectivity index (χ2n) is 2.23. The minimum Gasteiger partial charge on any atom is -0.391 e. The molecule has 1 fully saturated rings. The summed E-state index contributed by atoms with van der Waals surface area (Å²) in [5.74, 6) is 0. The average Bonchev–Trinajstić information content (AvgIpc) is 1.73. The lowest BCUT2D eigenvalue weighted by atomic mass is 10.4. The fraction of sp³-hybridized carbons (Fsp3) is 1.00. The fourth-order valence-electron chi connectivity index (χ4n) is 0.358. The normalized spacial score (nSPS) is 55.5. The third-order valence-corrected chi connectivity index (χ3v) is 1.23. The van der Waals surface area contributed by atoms with Crippen molar-refractivity contribution in [2.45, 2.75) is 25.0 Å². The molecule has 1 rings (SSSR count). The molecule has 0 bridgehead atoms. The molecule has 6 heavy (non-hydrogen) atoms. The molecular weight excluding hydrogens is 78.0 g/mol. The Morgan fingerprint density at radius 3 is 2.17 bits per heavy atom. The standard InChI is InChI=1S/C4H9NO/c1-4(5)2-3(4)6/h3,6H,2,5H2,1H3. The molecule has 0 amide bonds. The van der Waals surface area contributed by atoms with E-state index in [0.717, 1.165) is 6.42 Å². The lowest BCUT2D eigenvalue weighted by Crippen LogP contribution is -2.21. The third kappa shape index (κ3) is 0.420. The van der Waals surface area contributed by atoms with Crippen LogP contribution in [0.4, 0.5) is 0 Å². The van der Waals surface area contributed by atoms with E-state index in [1.165, 1.54) is 0 Å². The molecule has 0 heterocycles. The maximum atomic E-state index is 8.57. The van der Waals surface area contributed by atoms with E-state index in [-0.39, 0.29) is 11.6 Å². The highest BCUT2D eigenvalue weighted by Crippen LogP contribution is 2.31. The third-order valence-electron chi connectivity index (χ3n) is 1.23. The first-order valence-corrected chi connectivity index (χ1v) is 2.10. The Hall–Kier alpha value is -0.0800. The predicted molar refractivity (Wildman–Crippen MR) is 23.2 cm³/mol. The van der Waals surface area contributed by atoms with Crippen molar-refractivity contribution in [2.75, 3.05) is 0 Å². The molecule has 2 atom stereocenters. The summed E-state index contributed by atoms with van der Waals surface area (Å²) in [6.07, 6.45) is 0.546. The van der Waals surface area contributed by atoms with E-state index < -0.39 is 0 Å². The van der Waals surface area contributed by atoms with Gasteiger partial charge in [-0.25, -0.2) is 0 Å². The first-order valence-electron chi connectivity index (χ1n) is 2.10. The molecule has 0 aliphatic heterocycles. The van der Waals surface area contributed by atoms with Gasteiger partial charge in [0.1, 0.15) is 0 Å². The SMILES string of the molecule is CC1(N)CC1O. The quantitative estimate of drug-likeness (QED) is 0.417. The Morgan fingerprint density at radius 2 is 2.17 bits per heavy atom. The van der Waals surface area contributed by atoms with Crippen LogP contribution in [0, 0.1) is 0 Å². The molecular formula is C4H9NO. The van der Waals surface area contributed by atoms with Crippen molar-refractivity contribution in [1.82, 2.24) is 0 Å². The molecule has 2 nitrogen and oxygen atoms in total. The number of rotatable bonds is 0. The van der Waals surface area contributed by atoms with Gasteiger partial charge in [-0.15, -0.1) is 0 Å². The van der Waals surface area contributed by atoms with Gasteiger partial charge in [-0.2, -0.15) is 0 Å². The van der Waals surface area contributed by atoms with Crippen molar-refractivity contribution >= 4 is 0 Å². The summed E-state index contributed by atoms with van der Waals surface area (Å²) in [5, 5.41) is 8.57. The molecule has 0 spiro atoms. The van der Waals surface area contributed by atoms with Crippen molar-refractivity contribution in [3.63, 3.8) is 0 Å². The van der Waals surface area contributed by atoms with Crippen LogP contribution in [0.3, 0.4) is 0 Å². The Morgan fingerprint density at radius 1 is 2.00 bits per heavy atom. The largest absolute Gasteiger partial charge is 0.391 e. The summed E-state index contributed by atoms with van der Waals surface area (Å²) >= 11 is 0. The smallest absolute Gasteiger partial charge is 0.0736 e. The summed E-state index contributed by atoms with van der Waals surface area (Å²) < 4.78 is 0. The Bertz CT molecular complexity index is 69.9. The fourth-order valence-corrected chi connectivity index (χ4v) is 0.358. The Balaban J connectivity index is 2.41. The highest BCUT2D eigenvalue weighted by Gasteiger charge is 2.45. The second-order valence-corrected chi connectivity index (χ2v) is 2.23. The van der Waals surface area contributed by atoms with Crippen LogP contribution in [-0.2, 0) is 0 Å². The van der Waals surface area contributed by atoms with Crippen molar-refractivity contribution < 1.29 is 5.11 Å². The van der Waals surface area contributed by atoms with Gasteiger partial charge in [-0.1, -0.05) is 0 Å². The van der Waals surface area contributed by atoms with Gasteiger partial charge < -0.3 is 10.8 Å². The lowest BCUT2D eigenvalue weighted by molar-refractivity contribution is 0.253. The lowest BCUT2D eigenvalue weighted by Gasteiger charge is -1.92. The van der Waals surface area contributed by atoms with Gasteiger partial charge in [0.25, 0.3) is 0 Å². The van der Waals surface area contributed by atoms with Gasteiger partial charge in [0.05, 0.1) is 6.10 Å². The van der Waals surface area contributed by atoms with Crippen LogP contribution in [0.2, 0.25) is 0 Å². The molecule has 1 aliphatic rings. The summed E-state index contributed by atoms with van der Waals surface area (Å²) in [6.45, 7) is 1.84. The maximum absolute atomic E-state index is 8.57. The van der Waals surface area contributed by atoms with Crippen molar-refractivity contribution in [3.05, 3.63) is 0 Å². The number of hydrogen-bond donors (Lipinski definition) is 2. The van der Waals surface area contributed by atoms with Gasteiger partial charge in [0.15, 0.2) is 0 Å². The summed E-state index contributed by atoms with van der Waals surface area (Å²) in [6, 6.07) is 0. The predicted octanol–water partition coefficient (Wildman–Crippen LogP) is -0.532. The van der Waals surface area contributed by atoms with Crippen molar-refractivity contribution in [1.29, 1.82) is 0 Å². The molecule has 0 saturated heterocycles. The van der Waals surface area contributed by atoms with Crippen LogP contribution in [0.15, 0.2) is 0 Å². The first kappa shape index (κ1) is 4.09. The van der Waals surface area contributed by atoms with Gasteiger partial charge in [-0.05, 0) is 13.3 Å². The molecule has 0 aromatic carbocycles. The van der Waals surface area contributed by atoms with E-state index in [9.17, 15) is 0 Å². The van der Waals surface area contributed by atoms with Crippen molar-refractivity contribution in [3.8, 4) is 0 Å². The maximum Gasteiger partial charge on any atom is 0.0736 e. The summed E-state index contributed by atoms with van der Waals surface area (Å²) in [5.41, 5.74) is 5.12. The van der Waals surface area contributed by atoms with Gasteiger partial charge in [0.2, 0.25) is 0 Å². The molecule has 0 aromatic rings. The second kappa shape index (κ2) is 0.768. The van der Waals surface area contributed by atoms with Crippen LogP contribution >= 0.6 is 0 Å². The number of hydrogen-bond acceptors (Lipinski definition) is 2. The molecule has 1 saturated carbocycles. The minimum absolute atomic E-state index is 0.225. The molecule has 3 N–H and O–H groups in total. The number of nitrogens with two attached hydrogens (primary N) is 1. The summed E-state index contributed by atoms with van der Waals surface area (Å²) in [4.78, 5) is 0. The molecule has 2 heteroatoms. The number of aliphatic hydroxyl groups is 1. The first-order chi connectivity index (χ1) is 2.63. The molecule has 1 aliphatic carbocycles. The highest BCUT2D eigenvalue weighted by atomic mass is 16.3. The zero-order chi connectivity index (χ0) is 4.78. The monoisotopic (exact) mass is 87.1 g/mol. The summed E-state index contributed by atoms with van der Waals surface area (Å²) in [7, 11) is 0. The zero-order valence-corrected chi connectivity index (χ0v) is 3.81. The van der Waals surface area contributed by atoms with Crippen LogP contribution in [0.1, 0.15) is 13.3 Å². The van der Waals surface area contributed by atoms with Crippen LogP contribution < -0.4 is 5.73 Å².